The second kappa shape index (κ2) is 9.18. The van der Waals surface area contributed by atoms with Crippen LogP contribution in [0.3, 0.4) is 0 Å². The van der Waals surface area contributed by atoms with Gasteiger partial charge >= 0.3 is 0 Å². The van der Waals surface area contributed by atoms with Crippen LogP contribution >= 0.6 is 0 Å². The maximum Gasteiger partial charge on any atom is 0.254 e. The molecule has 4 rings (SSSR count). The lowest BCUT2D eigenvalue weighted by atomic mass is 9.94. The van der Waals surface area contributed by atoms with Crippen molar-refractivity contribution < 1.29 is 9.53 Å². The van der Waals surface area contributed by atoms with E-state index in [4.69, 9.17) is 9.72 Å². The quantitative estimate of drug-likeness (QED) is 0.411. The Morgan fingerprint density at radius 1 is 1.25 bits per heavy atom. The maximum atomic E-state index is 13.6. The van der Waals surface area contributed by atoms with Gasteiger partial charge in [-0.1, -0.05) is 11.6 Å². The van der Waals surface area contributed by atoms with Gasteiger partial charge < -0.3 is 15.0 Å². The molecule has 0 atom stereocenters. The van der Waals surface area contributed by atoms with Crippen molar-refractivity contribution in [3.05, 3.63) is 51.6 Å². The highest BCUT2D eigenvalue weighted by Crippen LogP contribution is 2.36. The van der Waals surface area contributed by atoms with Gasteiger partial charge in [0.2, 0.25) is 0 Å². The number of hydrogen-bond donors (Lipinski definition) is 1. The number of rotatable bonds is 6. The molecule has 0 spiro atoms. The van der Waals surface area contributed by atoms with Gasteiger partial charge in [0.1, 0.15) is 5.82 Å². The molecule has 6 nitrogen and oxygen atoms in total. The van der Waals surface area contributed by atoms with Gasteiger partial charge in [0, 0.05) is 66.7 Å². The molecule has 32 heavy (non-hydrogen) atoms. The normalized spacial score (nSPS) is 20.7. The standard InChI is InChI=1S/C26H36N4O2/c1-17(2)23(18(3)24(27-5)29-26(4)11-12-26)25(31)30-13-8-22-20(16-30)6-7-21(28-22)19-9-14-32-15-10-19/h6-7,19,29H,5,8-16H2,1-4H3/b24-18-. The molecule has 172 valence electrons. The molecule has 1 saturated carbocycles. The lowest BCUT2D eigenvalue weighted by molar-refractivity contribution is -0.127. The predicted molar refractivity (Wildman–Crippen MR) is 128 cm³/mol. The van der Waals surface area contributed by atoms with Crippen LogP contribution in [-0.2, 0) is 22.5 Å². The Hall–Kier alpha value is -2.47. The van der Waals surface area contributed by atoms with Gasteiger partial charge in [-0.25, -0.2) is 4.99 Å². The van der Waals surface area contributed by atoms with Crippen LogP contribution in [0.25, 0.3) is 0 Å². The maximum absolute atomic E-state index is 13.6. The molecule has 0 unspecified atom stereocenters. The summed E-state index contributed by atoms with van der Waals surface area (Å²) in [6.45, 7) is 14.8. The van der Waals surface area contributed by atoms with Crippen molar-refractivity contribution in [3.8, 4) is 0 Å². The lowest BCUT2D eigenvalue weighted by Gasteiger charge is -2.31. The summed E-state index contributed by atoms with van der Waals surface area (Å²) < 4.78 is 5.50. The molecular formula is C26H36N4O2. The Balaban J connectivity index is 1.53. The summed E-state index contributed by atoms with van der Waals surface area (Å²) in [4.78, 5) is 24.8. The Bertz CT molecular complexity index is 964. The van der Waals surface area contributed by atoms with E-state index in [1.54, 1.807) is 0 Å². The zero-order chi connectivity index (χ0) is 22.9. The van der Waals surface area contributed by atoms with E-state index in [9.17, 15) is 4.79 Å². The second-order valence-corrected chi connectivity index (χ2v) is 9.90. The molecule has 2 fully saturated rings. The van der Waals surface area contributed by atoms with Crippen LogP contribution in [0.15, 0.2) is 39.7 Å². The minimum absolute atomic E-state index is 0.0607. The molecule has 6 heteroatoms. The van der Waals surface area contributed by atoms with Crippen LogP contribution in [-0.4, -0.2) is 47.8 Å². The lowest BCUT2D eigenvalue weighted by Crippen LogP contribution is -2.38. The van der Waals surface area contributed by atoms with Crippen LogP contribution in [0, 0.1) is 0 Å². The Labute approximate surface area is 191 Å². The van der Waals surface area contributed by atoms with Crippen molar-refractivity contribution in [2.45, 2.75) is 77.8 Å². The molecule has 0 bridgehead atoms. The summed E-state index contributed by atoms with van der Waals surface area (Å²) in [6.07, 6.45) is 5.10. The van der Waals surface area contributed by atoms with Crippen molar-refractivity contribution in [1.29, 1.82) is 0 Å². The topological polar surface area (TPSA) is 66.8 Å². The van der Waals surface area contributed by atoms with Crippen LogP contribution in [0.1, 0.15) is 76.2 Å². The Morgan fingerprint density at radius 3 is 2.59 bits per heavy atom. The highest BCUT2D eigenvalue weighted by atomic mass is 16.5. The number of aliphatic imine (C=N–C) groups is 1. The summed E-state index contributed by atoms with van der Waals surface area (Å²) in [7, 11) is 0. The van der Waals surface area contributed by atoms with Crippen molar-refractivity contribution >= 4 is 12.6 Å². The number of carbonyl (C=O) groups is 1. The van der Waals surface area contributed by atoms with Crippen LogP contribution < -0.4 is 5.32 Å². The van der Waals surface area contributed by atoms with Gasteiger partial charge in [0.05, 0.1) is 0 Å². The summed E-state index contributed by atoms with van der Waals surface area (Å²) in [5.74, 6) is 1.27. The number of allylic oxidation sites excluding steroid dienone is 1. The third-order valence-electron chi connectivity index (χ3n) is 7.02. The minimum Gasteiger partial charge on any atom is -0.381 e. The smallest absolute Gasteiger partial charge is 0.254 e. The minimum atomic E-state index is 0.0607. The molecule has 3 heterocycles. The van der Waals surface area contributed by atoms with Gasteiger partial charge in [-0.05, 0) is 71.7 Å². The first-order valence-electron chi connectivity index (χ1n) is 11.8. The van der Waals surface area contributed by atoms with E-state index in [1.165, 1.54) is 5.69 Å². The number of nitrogens with zero attached hydrogens (tertiary/aromatic N) is 3. The average molecular weight is 437 g/mol. The third-order valence-corrected chi connectivity index (χ3v) is 7.02. The van der Waals surface area contributed by atoms with E-state index in [-0.39, 0.29) is 11.4 Å². The second-order valence-electron chi connectivity index (χ2n) is 9.90. The predicted octanol–water partition coefficient (Wildman–Crippen LogP) is 4.27. The van der Waals surface area contributed by atoms with E-state index in [0.29, 0.717) is 19.0 Å². The summed E-state index contributed by atoms with van der Waals surface area (Å²) >= 11 is 0. The van der Waals surface area contributed by atoms with E-state index in [1.807, 2.05) is 25.7 Å². The van der Waals surface area contributed by atoms with Gasteiger partial charge in [0.25, 0.3) is 5.91 Å². The summed E-state index contributed by atoms with van der Waals surface area (Å²) in [5, 5.41) is 3.49. The zero-order valence-electron chi connectivity index (χ0n) is 20.0. The highest BCUT2D eigenvalue weighted by molar-refractivity contribution is 5.98. The van der Waals surface area contributed by atoms with E-state index < -0.39 is 0 Å². The van der Waals surface area contributed by atoms with Crippen molar-refractivity contribution in [1.82, 2.24) is 15.2 Å². The molecule has 1 aliphatic carbocycles. The van der Waals surface area contributed by atoms with Gasteiger partial charge in [0.15, 0.2) is 0 Å². The molecule has 0 aromatic carbocycles. The molecule has 2 aliphatic heterocycles. The van der Waals surface area contributed by atoms with Crippen LogP contribution in [0.5, 0.6) is 0 Å². The third kappa shape index (κ3) is 4.80. The van der Waals surface area contributed by atoms with Gasteiger partial charge in [-0.3, -0.25) is 9.78 Å². The van der Waals surface area contributed by atoms with Crippen LogP contribution in [0.2, 0.25) is 0 Å². The molecule has 0 radical (unpaired) electrons. The monoisotopic (exact) mass is 436 g/mol. The number of aromatic nitrogens is 1. The molecule has 1 aromatic heterocycles. The molecule has 1 amide bonds. The van der Waals surface area contributed by atoms with E-state index >= 15 is 0 Å². The fourth-order valence-electron chi connectivity index (χ4n) is 4.70. The zero-order valence-corrected chi connectivity index (χ0v) is 20.0. The number of nitrogens with one attached hydrogen (secondary N) is 1. The number of carbonyl (C=O) groups excluding carboxylic acids is 1. The summed E-state index contributed by atoms with van der Waals surface area (Å²) in [5.41, 5.74) is 6.15. The highest BCUT2D eigenvalue weighted by Gasteiger charge is 2.38. The van der Waals surface area contributed by atoms with Crippen molar-refractivity contribution in [3.63, 3.8) is 0 Å². The number of amides is 1. The average Bonchev–Trinajstić information content (AvgIpc) is 3.54. The summed E-state index contributed by atoms with van der Waals surface area (Å²) in [6, 6.07) is 4.32. The molecule has 1 N–H and O–H groups in total. The molecule has 3 aliphatic rings. The Kier molecular flexibility index (Phi) is 6.52. The van der Waals surface area contributed by atoms with E-state index in [2.05, 4.69) is 36.1 Å². The van der Waals surface area contributed by atoms with Gasteiger partial charge in [-0.2, -0.15) is 0 Å². The Morgan fingerprint density at radius 2 is 1.97 bits per heavy atom. The van der Waals surface area contributed by atoms with Crippen molar-refractivity contribution in [2.75, 3.05) is 19.8 Å². The fourth-order valence-corrected chi connectivity index (χ4v) is 4.70. The van der Waals surface area contributed by atoms with Crippen molar-refractivity contribution in [2.24, 2.45) is 4.99 Å². The number of pyridine rings is 1. The van der Waals surface area contributed by atoms with Gasteiger partial charge in [-0.15, -0.1) is 0 Å². The largest absolute Gasteiger partial charge is 0.381 e. The molecular weight excluding hydrogens is 400 g/mol. The fraction of sp³-hybridized carbons (Fsp3) is 0.577. The number of ether oxygens (including phenoxy) is 1. The molecule has 1 aromatic rings. The number of fused-ring (bicyclic) bond motifs is 1. The van der Waals surface area contributed by atoms with E-state index in [0.717, 1.165) is 79.1 Å². The SMILES string of the molecule is C=N/C(NC1(C)CC1)=C(\C)C(C(=O)N1CCc2nc(C3CCOCC3)ccc2C1)=C(C)C. The first kappa shape index (κ1) is 22.7. The first-order valence-corrected chi connectivity index (χ1v) is 11.8. The number of hydrogen-bond acceptors (Lipinski definition) is 5. The first-order chi connectivity index (χ1) is 15.3. The molecule has 1 saturated heterocycles. The van der Waals surface area contributed by atoms with Crippen LogP contribution in [0.4, 0.5) is 0 Å².